The fraction of sp³-hybridized carbons (Fsp3) is 0.600. The summed E-state index contributed by atoms with van der Waals surface area (Å²) in [4.78, 5) is 11.5. The standard InChI is InChI=1S/C15H20N4S/c1-11-8-20-13-12(11)17-10-18-14(13)19-7-4-15(9-19)2-5-16-6-3-15/h8,10,16H,2-7,9H2,1H3. The van der Waals surface area contributed by atoms with Gasteiger partial charge in [-0.3, -0.25) is 0 Å². The maximum atomic E-state index is 4.59. The van der Waals surface area contributed by atoms with E-state index in [9.17, 15) is 0 Å². The van der Waals surface area contributed by atoms with Crippen molar-refractivity contribution in [3.8, 4) is 0 Å². The third-order valence-corrected chi connectivity index (χ3v) is 6.00. The Morgan fingerprint density at radius 2 is 2.10 bits per heavy atom. The quantitative estimate of drug-likeness (QED) is 0.875. The molecule has 0 saturated carbocycles. The van der Waals surface area contributed by atoms with Crippen LogP contribution in [0.5, 0.6) is 0 Å². The number of aromatic nitrogens is 2. The van der Waals surface area contributed by atoms with Crippen LogP contribution >= 0.6 is 11.3 Å². The van der Waals surface area contributed by atoms with Gasteiger partial charge in [-0.05, 0) is 55.6 Å². The summed E-state index contributed by atoms with van der Waals surface area (Å²) in [6, 6.07) is 0. The van der Waals surface area contributed by atoms with Gasteiger partial charge in [0.25, 0.3) is 0 Å². The van der Waals surface area contributed by atoms with Gasteiger partial charge in [-0.1, -0.05) is 0 Å². The Morgan fingerprint density at radius 1 is 1.25 bits per heavy atom. The molecule has 0 radical (unpaired) electrons. The van der Waals surface area contributed by atoms with Crippen LogP contribution in [-0.4, -0.2) is 36.1 Å². The van der Waals surface area contributed by atoms with Crippen LogP contribution in [0.4, 0.5) is 5.82 Å². The summed E-state index contributed by atoms with van der Waals surface area (Å²) in [6.45, 7) is 6.78. The predicted octanol–water partition coefficient (Wildman–Crippen LogP) is 2.58. The van der Waals surface area contributed by atoms with Crippen LogP contribution in [0, 0.1) is 12.3 Å². The number of nitrogens with one attached hydrogen (secondary N) is 1. The van der Waals surface area contributed by atoms with Crippen molar-refractivity contribution in [1.82, 2.24) is 15.3 Å². The summed E-state index contributed by atoms with van der Waals surface area (Å²) in [5.41, 5.74) is 2.92. The van der Waals surface area contributed by atoms with Gasteiger partial charge < -0.3 is 10.2 Å². The Balaban J connectivity index is 1.67. The van der Waals surface area contributed by atoms with E-state index in [-0.39, 0.29) is 0 Å². The summed E-state index contributed by atoms with van der Waals surface area (Å²) < 4.78 is 1.26. The van der Waals surface area contributed by atoms with Gasteiger partial charge in [-0.25, -0.2) is 9.97 Å². The summed E-state index contributed by atoms with van der Waals surface area (Å²) in [5, 5.41) is 5.68. The Bertz CT molecular complexity index is 630. The molecule has 2 fully saturated rings. The molecule has 2 aliphatic rings. The monoisotopic (exact) mass is 288 g/mol. The van der Waals surface area contributed by atoms with E-state index in [1.807, 2.05) is 0 Å². The zero-order chi connectivity index (χ0) is 13.6. The summed E-state index contributed by atoms with van der Waals surface area (Å²) in [7, 11) is 0. The number of aryl methyl sites for hydroxylation is 1. The van der Waals surface area contributed by atoms with Crippen LogP contribution in [0.3, 0.4) is 0 Å². The van der Waals surface area contributed by atoms with Crippen molar-refractivity contribution >= 4 is 27.4 Å². The fourth-order valence-electron chi connectivity index (χ4n) is 3.66. The molecule has 0 unspecified atom stereocenters. The number of rotatable bonds is 1. The highest BCUT2D eigenvalue weighted by atomic mass is 32.1. The molecule has 0 aromatic carbocycles. The van der Waals surface area contributed by atoms with Gasteiger partial charge in [-0.15, -0.1) is 11.3 Å². The van der Waals surface area contributed by atoms with E-state index < -0.39 is 0 Å². The highest BCUT2D eigenvalue weighted by Crippen LogP contribution is 2.42. The molecule has 4 nitrogen and oxygen atoms in total. The average molecular weight is 288 g/mol. The van der Waals surface area contributed by atoms with Crippen molar-refractivity contribution in [3.05, 3.63) is 17.3 Å². The van der Waals surface area contributed by atoms with Crippen molar-refractivity contribution in [2.45, 2.75) is 26.2 Å². The van der Waals surface area contributed by atoms with E-state index in [2.05, 4.69) is 32.5 Å². The maximum absolute atomic E-state index is 4.59. The number of hydrogen-bond donors (Lipinski definition) is 1. The lowest BCUT2D eigenvalue weighted by Crippen LogP contribution is -2.38. The van der Waals surface area contributed by atoms with Crippen molar-refractivity contribution in [3.63, 3.8) is 0 Å². The molecule has 2 aromatic heterocycles. The smallest absolute Gasteiger partial charge is 0.150 e. The molecule has 0 amide bonds. The first-order valence-electron chi connectivity index (χ1n) is 7.42. The van der Waals surface area contributed by atoms with Gasteiger partial charge in [0, 0.05) is 13.1 Å². The molecule has 0 bridgehead atoms. The molecule has 20 heavy (non-hydrogen) atoms. The van der Waals surface area contributed by atoms with Crippen molar-refractivity contribution < 1.29 is 0 Å². The third-order valence-electron chi connectivity index (χ3n) is 4.91. The number of nitrogens with zero attached hydrogens (tertiary/aromatic N) is 3. The molecule has 106 valence electrons. The molecule has 0 atom stereocenters. The van der Waals surface area contributed by atoms with Gasteiger partial charge >= 0.3 is 0 Å². The lowest BCUT2D eigenvalue weighted by atomic mass is 9.78. The van der Waals surface area contributed by atoms with E-state index >= 15 is 0 Å². The molecule has 1 spiro atoms. The Morgan fingerprint density at radius 3 is 2.95 bits per heavy atom. The van der Waals surface area contributed by atoms with Crippen LogP contribution < -0.4 is 10.2 Å². The number of anilines is 1. The van der Waals surface area contributed by atoms with E-state index in [4.69, 9.17) is 0 Å². The molecule has 2 saturated heterocycles. The summed E-state index contributed by atoms with van der Waals surface area (Å²) >= 11 is 1.78. The Hall–Kier alpha value is -1.20. The van der Waals surface area contributed by atoms with Gasteiger partial charge in [0.2, 0.25) is 0 Å². The number of fused-ring (bicyclic) bond motifs is 1. The van der Waals surface area contributed by atoms with Gasteiger partial charge in [0.05, 0.1) is 10.2 Å². The molecular weight excluding hydrogens is 268 g/mol. The lowest BCUT2D eigenvalue weighted by Gasteiger charge is -2.33. The molecule has 1 N–H and O–H groups in total. The first-order valence-corrected chi connectivity index (χ1v) is 8.30. The van der Waals surface area contributed by atoms with Crippen LogP contribution in [0.15, 0.2) is 11.7 Å². The Kier molecular flexibility index (Phi) is 2.93. The second-order valence-corrected chi connectivity index (χ2v) is 7.09. The minimum absolute atomic E-state index is 0.523. The minimum atomic E-state index is 0.523. The second-order valence-electron chi connectivity index (χ2n) is 6.22. The van der Waals surface area contributed by atoms with Crippen molar-refractivity contribution in [1.29, 1.82) is 0 Å². The van der Waals surface area contributed by atoms with Gasteiger partial charge in [0.1, 0.15) is 12.1 Å². The number of hydrogen-bond acceptors (Lipinski definition) is 5. The zero-order valence-corrected chi connectivity index (χ0v) is 12.7. The predicted molar refractivity (Wildman–Crippen MR) is 83.5 cm³/mol. The zero-order valence-electron chi connectivity index (χ0n) is 11.9. The van der Waals surface area contributed by atoms with Crippen LogP contribution in [0.2, 0.25) is 0 Å². The fourth-order valence-corrected chi connectivity index (χ4v) is 4.68. The molecular formula is C15H20N4S. The third kappa shape index (κ3) is 1.91. The van der Waals surface area contributed by atoms with E-state index in [0.717, 1.165) is 24.4 Å². The summed E-state index contributed by atoms with van der Waals surface area (Å²) in [6.07, 6.45) is 5.65. The average Bonchev–Trinajstić information content (AvgIpc) is 3.05. The van der Waals surface area contributed by atoms with Crippen molar-refractivity contribution in [2.75, 3.05) is 31.1 Å². The minimum Gasteiger partial charge on any atom is -0.355 e. The SMILES string of the molecule is Cc1csc2c(N3CCC4(CCNCC4)C3)ncnc12. The first-order chi connectivity index (χ1) is 9.77. The number of piperidine rings is 1. The summed E-state index contributed by atoms with van der Waals surface area (Å²) in [5.74, 6) is 1.16. The van der Waals surface area contributed by atoms with Crippen molar-refractivity contribution in [2.24, 2.45) is 5.41 Å². The van der Waals surface area contributed by atoms with E-state index in [0.29, 0.717) is 5.41 Å². The lowest BCUT2D eigenvalue weighted by molar-refractivity contribution is 0.232. The van der Waals surface area contributed by atoms with Crippen LogP contribution in [0.25, 0.3) is 10.2 Å². The maximum Gasteiger partial charge on any atom is 0.150 e. The number of thiophene rings is 1. The van der Waals surface area contributed by atoms with Gasteiger partial charge in [0.15, 0.2) is 0 Å². The Labute approximate surface area is 123 Å². The van der Waals surface area contributed by atoms with Crippen LogP contribution in [-0.2, 0) is 0 Å². The largest absolute Gasteiger partial charge is 0.355 e. The topological polar surface area (TPSA) is 41.0 Å². The molecule has 0 aliphatic carbocycles. The highest BCUT2D eigenvalue weighted by molar-refractivity contribution is 7.18. The molecule has 2 aliphatic heterocycles. The highest BCUT2D eigenvalue weighted by Gasteiger charge is 2.39. The molecule has 4 heterocycles. The normalized spacial score (nSPS) is 21.9. The van der Waals surface area contributed by atoms with Gasteiger partial charge in [-0.2, -0.15) is 0 Å². The first kappa shape index (κ1) is 12.5. The van der Waals surface area contributed by atoms with Crippen LogP contribution in [0.1, 0.15) is 24.8 Å². The molecule has 2 aromatic rings. The van der Waals surface area contributed by atoms with E-state index in [1.54, 1.807) is 17.7 Å². The molecule has 5 heteroatoms. The molecule has 4 rings (SSSR count). The second kappa shape index (κ2) is 4.67. The van der Waals surface area contributed by atoms with E-state index in [1.165, 1.54) is 42.6 Å².